The largest absolute Gasteiger partial charge is 0.475 e. The van der Waals surface area contributed by atoms with Crippen molar-refractivity contribution in [3.8, 4) is 0 Å². The summed E-state index contributed by atoms with van der Waals surface area (Å²) in [6, 6.07) is 60.9. The van der Waals surface area contributed by atoms with Crippen LogP contribution in [0.2, 0.25) is 0 Å². The molecule has 2 fully saturated rings. The molecule has 6 aromatic carbocycles. The minimum Gasteiger partial charge on any atom is -0.475 e. The first-order chi connectivity index (χ1) is 28.8. The second-order valence-corrected chi connectivity index (χ2v) is 17.8. The second-order valence-electron chi connectivity index (χ2n) is 16.4. The molecule has 0 bridgehead atoms. The third-order valence-electron chi connectivity index (χ3n) is 11.6. The summed E-state index contributed by atoms with van der Waals surface area (Å²) in [4.78, 5) is 5.08. The van der Waals surface area contributed by atoms with Gasteiger partial charge in [0.2, 0.25) is 5.90 Å². The van der Waals surface area contributed by atoms with Crippen LogP contribution in [0.25, 0.3) is 0 Å². The highest BCUT2D eigenvalue weighted by Gasteiger charge is 2.67. The van der Waals surface area contributed by atoms with Gasteiger partial charge >= 0.3 is 0 Å². The number of ether oxygens (including phenoxy) is 3. The zero-order chi connectivity index (χ0) is 40.5. The van der Waals surface area contributed by atoms with Gasteiger partial charge in [-0.15, -0.1) is 0 Å². The Balaban J connectivity index is 1.31. The first-order valence-corrected chi connectivity index (χ1v) is 21.7. The zero-order valence-electron chi connectivity index (χ0n) is 34.1. The van der Waals surface area contributed by atoms with Crippen LogP contribution in [-0.4, -0.2) is 41.2 Å². The van der Waals surface area contributed by atoms with E-state index in [4.69, 9.17) is 28.3 Å². The quantitative estimate of drug-likeness (QED) is 0.122. The highest BCUT2D eigenvalue weighted by molar-refractivity contribution is 7.44. The standard InChI is InChI=1S/C51H51N2O5P/c1-37(2)45-36-54-48(52-45)44-33-21-20-24-39(44)35-53(34-38-22-10-5-11-23-38)59-57-50(40-25-12-6-13-26-40,41-27-14-7-15-28-41)46-47(56-49(3,4)55-46)51(58-59,42-29-16-8-17-30-42)43-31-18-9-19-32-43/h5-33,37,45-47H,34-36H2,1-4H3/t45-,46-,47-/m1/s1. The van der Waals surface area contributed by atoms with Gasteiger partial charge in [-0.25, -0.2) is 9.66 Å². The van der Waals surface area contributed by atoms with E-state index in [1.165, 1.54) is 0 Å². The van der Waals surface area contributed by atoms with E-state index in [1.54, 1.807) is 0 Å². The molecule has 2 saturated heterocycles. The minimum absolute atomic E-state index is 0.106. The summed E-state index contributed by atoms with van der Waals surface area (Å²) in [6.45, 7) is 9.94. The normalized spacial score (nSPS) is 22.1. The van der Waals surface area contributed by atoms with Crippen LogP contribution in [0.1, 0.15) is 66.6 Å². The van der Waals surface area contributed by atoms with Gasteiger partial charge in [0.15, 0.2) is 17.0 Å². The van der Waals surface area contributed by atoms with Crippen molar-refractivity contribution in [2.75, 3.05) is 6.61 Å². The highest BCUT2D eigenvalue weighted by atomic mass is 31.2. The Morgan fingerprint density at radius 2 is 1.00 bits per heavy atom. The average molecular weight is 803 g/mol. The molecule has 7 nitrogen and oxygen atoms in total. The summed E-state index contributed by atoms with van der Waals surface area (Å²) in [5.41, 5.74) is 4.58. The Morgan fingerprint density at radius 3 is 1.44 bits per heavy atom. The Kier molecular flexibility index (Phi) is 11.1. The van der Waals surface area contributed by atoms with Crippen molar-refractivity contribution >= 4 is 14.4 Å². The van der Waals surface area contributed by atoms with Crippen LogP contribution >= 0.6 is 8.53 Å². The number of rotatable bonds is 11. The lowest BCUT2D eigenvalue weighted by Gasteiger charge is -2.41. The second kappa shape index (κ2) is 16.6. The molecule has 300 valence electrons. The molecular weight excluding hydrogens is 752 g/mol. The molecule has 0 spiro atoms. The van der Waals surface area contributed by atoms with Gasteiger partial charge in [0.1, 0.15) is 18.8 Å². The molecule has 0 amide bonds. The van der Waals surface area contributed by atoms with Crippen molar-refractivity contribution in [1.82, 2.24) is 4.67 Å². The molecule has 0 N–H and O–H groups in total. The third kappa shape index (κ3) is 7.57. The number of hydrogen-bond donors (Lipinski definition) is 0. The number of benzene rings is 6. The number of fused-ring (bicyclic) bond motifs is 1. The fraction of sp³-hybridized carbons (Fsp3) is 0.275. The first-order valence-electron chi connectivity index (χ1n) is 20.6. The average Bonchev–Trinajstić information content (AvgIpc) is 3.88. The zero-order valence-corrected chi connectivity index (χ0v) is 35.0. The van der Waals surface area contributed by atoms with E-state index in [0.717, 1.165) is 38.9 Å². The smallest absolute Gasteiger partial charge is 0.262 e. The van der Waals surface area contributed by atoms with E-state index in [0.29, 0.717) is 31.5 Å². The van der Waals surface area contributed by atoms with E-state index in [2.05, 4.69) is 170 Å². The summed E-state index contributed by atoms with van der Waals surface area (Å²) in [7, 11) is -1.99. The van der Waals surface area contributed by atoms with Crippen LogP contribution in [-0.2, 0) is 47.5 Å². The molecule has 59 heavy (non-hydrogen) atoms. The molecule has 8 heteroatoms. The number of aliphatic imine (C=N–C) groups is 1. The molecule has 0 unspecified atom stereocenters. The summed E-state index contributed by atoms with van der Waals surface area (Å²) >= 11 is 0. The van der Waals surface area contributed by atoms with E-state index in [-0.39, 0.29) is 6.04 Å². The SMILES string of the molecule is CC(C)[C@H]1COC(c2ccccc2CN(Cc2ccccc2)P2OC(c3ccccc3)(c3ccccc3)[C@@H]3OC(C)(C)O[C@H]3C(c3ccccc3)(c3ccccc3)O2)=N1. The Morgan fingerprint density at radius 1 is 0.576 bits per heavy atom. The fourth-order valence-corrected chi connectivity index (χ4v) is 10.6. The van der Waals surface area contributed by atoms with E-state index >= 15 is 0 Å². The topological polar surface area (TPSA) is 61.8 Å². The van der Waals surface area contributed by atoms with Gasteiger partial charge in [-0.05, 0) is 59.2 Å². The molecule has 3 heterocycles. The Hall–Kier alpha value is -4.98. The molecule has 6 aromatic rings. The molecule has 0 aliphatic carbocycles. The van der Waals surface area contributed by atoms with Gasteiger partial charge in [-0.1, -0.05) is 184 Å². The van der Waals surface area contributed by atoms with Crippen molar-refractivity contribution in [1.29, 1.82) is 0 Å². The van der Waals surface area contributed by atoms with Gasteiger partial charge in [-0.3, -0.25) is 0 Å². The summed E-state index contributed by atoms with van der Waals surface area (Å²) in [5.74, 6) is 0.0657. The number of hydrogen-bond acceptors (Lipinski definition) is 7. The molecule has 0 aromatic heterocycles. The lowest BCUT2D eigenvalue weighted by Crippen LogP contribution is -2.53. The Bertz CT molecular complexity index is 2160. The molecule has 3 aliphatic rings. The van der Waals surface area contributed by atoms with Crippen molar-refractivity contribution in [2.45, 2.75) is 76.0 Å². The molecule has 0 radical (unpaired) electrons. The van der Waals surface area contributed by atoms with Crippen molar-refractivity contribution in [3.63, 3.8) is 0 Å². The first kappa shape index (κ1) is 39.5. The summed E-state index contributed by atoms with van der Waals surface area (Å²) in [5, 5.41) is 0. The van der Waals surface area contributed by atoms with Crippen LogP contribution in [0.5, 0.6) is 0 Å². The minimum atomic E-state index is -1.99. The summed E-state index contributed by atoms with van der Waals surface area (Å²) in [6.07, 6.45) is -1.34. The highest BCUT2D eigenvalue weighted by Crippen LogP contribution is 2.66. The van der Waals surface area contributed by atoms with Crippen molar-refractivity contribution < 1.29 is 23.3 Å². The Labute approximate surface area is 349 Å². The molecular formula is C51H51N2O5P. The van der Waals surface area contributed by atoms with E-state index in [9.17, 15) is 0 Å². The third-order valence-corrected chi connectivity index (χ3v) is 13.3. The van der Waals surface area contributed by atoms with Gasteiger partial charge in [0.05, 0.1) is 6.04 Å². The number of nitrogens with zero attached hydrogens (tertiary/aromatic N) is 2. The maximum absolute atomic E-state index is 8.00. The van der Waals surface area contributed by atoms with Crippen LogP contribution in [0.3, 0.4) is 0 Å². The van der Waals surface area contributed by atoms with Crippen LogP contribution in [0.15, 0.2) is 181 Å². The van der Waals surface area contributed by atoms with E-state index in [1.807, 2.05) is 38.1 Å². The predicted octanol–water partition coefficient (Wildman–Crippen LogP) is 11.2. The van der Waals surface area contributed by atoms with Crippen LogP contribution in [0.4, 0.5) is 0 Å². The van der Waals surface area contributed by atoms with Crippen molar-refractivity contribution in [2.24, 2.45) is 10.9 Å². The van der Waals surface area contributed by atoms with Gasteiger partial charge in [0, 0.05) is 18.7 Å². The predicted molar refractivity (Wildman–Crippen MR) is 233 cm³/mol. The molecule has 9 rings (SSSR count). The monoisotopic (exact) mass is 802 g/mol. The lowest BCUT2D eigenvalue weighted by molar-refractivity contribution is -0.175. The molecule has 0 saturated carbocycles. The fourth-order valence-electron chi connectivity index (χ4n) is 8.69. The van der Waals surface area contributed by atoms with Gasteiger partial charge < -0.3 is 23.3 Å². The summed E-state index contributed by atoms with van der Waals surface area (Å²) < 4.78 is 39.2. The maximum atomic E-state index is 8.00. The van der Waals surface area contributed by atoms with Crippen molar-refractivity contribution in [3.05, 3.63) is 215 Å². The van der Waals surface area contributed by atoms with Crippen LogP contribution in [0, 0.1) is 5.92 Å². The molecule has 3 atom stereocenters. The van der Waals surface area contributed by atoms with Gasteiger partial charge in [0.25, 0.3) is 8.53 Å². The lowest BCUT2D eigenvalue weighted by atomic mass is 9.72. The van der Waals surface area contributed by atoms with E-state index < -0.39 is 37.7 Å². The van der Waals surface area contributed by atoms with Gasteiger partial charge in [-0.2, -0.15) is 0 Å². The molecule has 3 aliphatic heterocycles. The van der Waals surface area contributed by atoms with Crippen LogP contribution < -0.4 is 0 Å². The maximum Gasteiger partial charge on any atom is 0.262 e.